The molecule has 1 saturated heterocycles. The number of rotatable bonds is 1. The van der Waals surface area contributed by atoms with E-state index in [0.717, 1.165) is 0 Å². The van der Waals surface area contributed by atoms with Crippen molar-refractivity contribution < 1.29 is 19.1 Å². The molecule has 1 aliphatic heterocycles. The van der Waals surface area contributed by atoms with Crippen LogP contribution in [0.3, 0.4) is 0 Å². The van der Waals surface area contributed by atoms with Crippen molar-refractivity contribution in [3.8, 4) is 0 Å². The largest absolute Gasteiger partial charge is 0.469 e. The van der Waals surface area contributed by atoms with E-state index in [-0.39, 0.29) is 24.0 Å². The van der Waals surface area contributed by atoms with E-state index in [1.54, 1.807) is 0 Å². The third-order valence-corrected chi connectivity index (χ3v) is 2.60. The van der Waals surface area contributed by atoms with E-state index >= 15 is 0 Å². The van der Waals surface area contributed by atoms with Crippen LogP contribution >= 0.6 is 0 Å². The van der Waals surface area contributed by atoms with E-state index < -0.39 is 5.60 Å². The fourth-order valence-corrected chi connectivity index (χ4v) is 1.59. The van der Waals surface area contributed by atoms with Gasteiger partial charge in [-0.3, -0.25) is 4.79 Å². The fraction of sp³-hybridized carbons (Fsp3) is 0.818. The summed E-state index contributed by atoms with van der Waals surface area (Å²) in [5.41, 5.74) is -0.507. The summed E-state index contributed by atoms with van der Waals surface area (Å²) in [6, 6.07) is -0.151. The molecule has 0 aromatic carbocycles. The Bertz CT molecular complexity index is 295. The van der Waals surface area contributed by atoms with E-state index in [4.69, 9.17) is 4.74 Å². The van der Waals surface area contributed by atoms with Crippen LogP contribution in [0.25, 0.3) is 0 Å². The molecule has 1 aliphatic rings. The van der Waals surface area contributed by atoms with Gasteiger partial charge in [0.25, 0.3) is 0 Å². The van der Waals surface area contributed by atoms with Crippen molar-refractivity contribution in [3.63, 3.8) is 0 Å². The Morgan fingerprint density at radius 1 is 1.31 bits per heavy atom. The van der Waals surface area contributed by atoms with E-state index in [1.807, 2.05) is 27.7 Å². The Morgan fingerprint density at radius 3 is 2.25 bits per heavy atom. The van der Waals surface area contributed by atoms with Gasteiger partial charge in [0.1, 0.15) is 5.60 Å². The zero-order valence-electron chi connectivity index (χ0n) is 10.4. The fourth-order valence-electron chi connectivity index (χ4n) is 1.59. The number of carbonyl (C=O) groups is 2. The molecule has 1 fully saturated rings. The van der Waals surface area contributed by atoms with E-state index in [0.29, 0.717) is 6.54 Å². The van der Waals surface area contributed by atoms with E-state index in [9.17, 15) is 9.59 Å². The molecule has 0 saturated carbocycles. The van der Waals surface area contributed by atoms with Crippen molar-refractivity contribution in [3.05, 3.63) is 0 Å². The number of methoxy groups -OCH3 is 1. The first-order valence-electron chi connectivity index (χ1n) is 5.33. The Balaban J connectivity index is 2.49. The monoisotopic (exact) mass is 229 g/mol. The second-order valence-electron chi connectivity index (χ2n) is 5.00. The van der Waals surface area contributed by atoms with E-state index in [2.05, 4.69) is 4.74 Å². The van der Waals surface area contributed by atoms with Gasteiger partial charge >= 0.3 is 12.1 Å². The zero-order chi connectivity index (χ0) is 12.5. The van der Waals surface area contributed by atoms with E-state index in [1.165, 1.54) is 12.0 Å². The molecule has 1 unspecified atom stereocenters. The van der Waals surface area contributed by atoms with Crippen LogP contribution in [-0.2, 0) is 14.3 Å². The molecule has 0 N–H and O–H groups in total. The summed E-state index contributed by atoms with van der Waals surface area (Å²) in [7, 11) is 1.35. The van der Waals surface area contributed by atoms with Gasteiger partial charge in [0.2, 0.25) is 0 Å². The summed E-state index contributed by atoms with van der Waals surface area (Å²) < 4.78 is 9.84. The lowest BCUT2D eigenvalue weighted by Gasteiger charge is -2.44. The normalized spacial score (nSPS) is 24.7. The van der Waals surface area contributed by atoms with Gasteiger partial charge < -0.3 is 14.4 Å². The summed E-state index contributed by atoms with van der Waals surface area (Å²) in [4.78, 5) is 24.5. The first kappa shape index (κ1) is 12.8. The van der Waals surface area contributed by atoms with Gasteiger partial charge in [0.05, 0.1) is 13.0 Å². The highest BCUT2D eigenvalue weighted by Crippen LogP contribution is 2.27. The van der Waals surface area contributed by atoms with Crippen molar-refractivity contribution in [1.82, 2.24) is 4.90 Å². The highest BCUT2D eigenvalue weighted by molar-refractivity contribution is 5.79. The number of nitrogens with zero attached hydrogens (tertiary/aromatic N) is 1. The Hall–Kier alpha value is -1.26. The molecule has 1 rings (SSSR count). The first-order chi connectivity index (χ1) is 7.26. The van der Waals surface area contributed by atoms with Crippen molar-refractivity contribution in [1.29, 1.82) is 0 Å². The average molecular weight is 229 g/mol. The first-order valence-corrected chi connectivity index (χ1v) is 5.33. The minimum absolute atomic E-state index is 0.151. The highest BCUT2D eigenvalue weighted by Gasteiger charge is 2.45. The molecule has 0 aliphatic carbocycles. The second-order valence-corrected chi connectivity index (χ2v) is 5.00. The lowest BCUT2D eigenvalue weighted by atomic mass is 9.90. The number of carbonyl (C=O) groups excluding carboxylic acids is 2. The predicted octanol–water partition coefficient (Wildman–Crippen LogP) is 1.41. The van der Waals surface area contributed by atoms with Crippen LogP contribution in [0.15, 0.2) is 0 Å². The number of hydrogen-bond acceptors (Lipinski definition) is 4. The molecular weight excluding hydrogens is 210 g/mol. The molecular formula is C11H19NO4. The second kappa shape index (κ2) is 4.31. The zero-order valence-corrected chi connectivity index (χ0v) is 10.4. The molecule has 5 heteroatoms. The van der Waals surface area contributed by atoms with Crippen LogP contribution in [0.5, 0.6) is 0 Å². The molecule has 1 heterocycles. The van der Waals surface area contributed by atoms with Crippen molar-refractivity contribution in [2.24, 2.45) is 5.92 Å². The molecule has 16 heavy (non-hydrogen) atoms. The minimum Gasteiger partial charge on any atom is -0.469 e. The van der Waals surface area contributed by atoms with Crippen LogP contribution in [-0.4, -0.2) is 42.3 Å². The maximum atomic E-state index is 11.7. The van der Waals surface area contributed by atoms with Gasteiger partial charge in [-0.1, -0.05) is 0 Å². The summed E-state index contributed by atoms with van der Waals surface area (Å²) in [5.74, 6) is -0.496. The van der Waals surface area contributed by atoms with Gasteiger partial charge in [-0.2, -0.15) is 0 Å². The molecule has 5 nitrogen and oxygen atoms in total. The summed E-state index contributed by atoms with van der Waals surface area (Å²) in [5, 5.41) is 0. The Morgan fingerprint density at radius 2 is 1.88 bits per heavy atom. The summed E-state index contributed by atoms with van der Waals surface area (Å²) in [6.07, 6.45) is -0.375. The van der Waals surface area contributed by atoms with Gasteiger partial charge in [0.15, 0.2) is 0 Å². The molecule has 92 valence electrons. The van der Waals surface area contributed by atoms with Crippen LogP contribution in [0, 0.1) is 5.92 Å². The minimum atomic E-state index is -0.507. The lowest BCUT2D eigenvalue weighted by Crippen LogP contribution is -2.60. The van der Waals surface area contributed by atoms with Gasteiger partial charge in [-0.05, 0) is 27.7 Å². The SMILES string of the molecule is COC(=O)C1CN(C(=O)OC(C)(C)C)[C@@H]1C. The third-order valence-electron chi connectivity index (χ3n) is 2.60. The standard InChI is InChI=1S/C11H19NO4/c1-7-8(9(13)15-5)6-12(7)10(14)16-11(2,3)4/h7-8H,6H2,1-5H3/t7-,8?/m1/s1. The number of amides is 1. The Kier molecular flexibility index (Phi) is 3.45. The third kappa shape index (κ3) is 2.65. The number of likely N-dealkylation sites (tertiary alicyclic amines) is 1. The molecule has 0 aromatic heterocycles. The summed E-state index contributed by atoms with van der Waals surface area (Å²) >= 11 is 0. The van der Waals surface area contributed by atoms with Gasteiger partial charge in [-0.15, -0.1) is 0 Å². The molecule has 0 radical (unpaired) electrons. The quantitative estimate of drug-likeness (QED) is 0.638. The topological polar surface area (TPSA) is 55.8 Å². The highest BCUT2D eigenvalue weighted by atomic mass is 16.6. The molecule has 0 bridgehead atoms. The van der Waals surface area contributed by atoms with Crippen LogP contribution in [0.2, 0.25) is 0 Å². The molecule has 2 atom stereocenters. The van der Waals surface area contributed by atoms with Gasteiger partial charge in [0, 0.05) is 12.6 Å². The summed E-state index contributed by atoms with van der Waals surface area (Å²) in [6.45, 7) is 7.63. The van der Waals surface area contributed by atoms with Crippen LogP contribution in [0.4, 0.5) is 4.79 Å². The smallest absolute Gasteiger partial charge is 0.410 e. The maximum absolute atomic E-state index is 11.7. The van der Waals surface area contributed by atoms with Crippen LogP contribution < -0.4 is 0 Å². The number of ether oxygens (including phenoxy) is 2. The number of esters is 1. The lowest BCUT2D eigenvalue weighted by molar-refractivity contribution is -0.154. The van der Waals surface area contributed by atoms with Gasteiger partial charge in [-0.25, -0.2) is 4.79 Å². The predicted molar refractivity (Wildman–Crippen MR) is 57.9 cm³/mol. The average Bonchev–Trinajstić information content (AvgIpc) is 2.12. The molecule has 0 spiro atoms. The maximum Gasteiger partial charge on any atom is 0.410 e. The Labute approximate surface area is 95.7 Å². The van der Waals surface area contributed by atoms with Crippen molar-refractivity contribution >= 4 is 12.1 Å². The van der Waals surface area contributed by atoms with Crippen molar-refractivity contribution in [2.75, 3.05) is 13.7 Å². The molecule has 1 amide bonds. The van der Waals surface area contributed by atoms with Crippen molar-refractivity contribution in [2.45, 2.75) is 39.3 Å². The van der Waals surface area contributed by atoms with Crippen LogP contribution in [0.1, 0.15) is 27.7 Å². The number of hydrogen-bond donors (Lipinski definition) is 0. The molecule has 0 aromatic rings.